The number of nitrogens with one attached hydrogen (secondary N) is 2. The molecule has 0 bridgehead atoms. The van der Waals surface area contributed by atoms with E-state index < -0.39 is 12.3 Å². The molecule has 0 atom stereocenters. The first-order valence-electron chi connectivity index (χ1n) is 9.91. The number of rotatable bonds is 6. The Morgan fingerprint density at radius 2 is 1.78 bits per heavy atom. The van der Waals surface area contributed by atoms with Gasteiger partial charge in [-0.15, -0.1) is 15.3 Å². The van der Waals surface area contributed by atoms with Gasteiger partial charge >= 0.3 is 6.43 Å². The van der Waals surface area contributed by atoms with Gasteiger partial charge in [-0.2, -0.15) is 8.78 Å². The number of nitrogens with zero attached hydrogens (tertiary/aromatic N) is 6. The molecule has 32 heavy (non-hydrogen) atoms. The Morgan fingerprint density at radius 3 is 2.47 bits per heavy atom. The van der Waals surface area contributed by atoms with Gasteiger partial charge in [-0.05, 0) is 29.8 Å². The van der Waals surface area contributed by atoms with E-state index >= 15 is 0 Å². The number of aliphatic imine (C=N–C) groups is 1. The van der Waals surface area contributed by atoms with Crippen LogP contribution in [0.5, 0.6) is 0 Å². The zero-order valence-electron chi connectivity index (χ0n) is 16.7. The molecule has 0 aliphatic carbocycles. The van der Waals surface area contributed by atoms with Crippen molar-refractivity contribution in [2.24, 2.45) is 4.99 Å². The summed E-state index contributed by atoms with van der Waals surface area (Å²) in [7, 11) is 0. The minimum atomic E-state index is -2.79. The van der Waals surface area contributed by atoms with Crippen LogP contribution in [0.15, 0.2) is 64.1 Å². The SMILES string of the molecule is FC(F)c1nnc(-c2ccc(Cn3cc(-c4ccc(NC5=NCCN5)cc4)nn3)cc2)o1. The molecule has 162 valence electrons. The lowest BCUT2D eigenvalue weighted by Crippen LogP contribution is -2.26. The normalized spacial score (nSPS) is 13.3. The number of halogens is 2. The topological polar surface area (TPSA) is 106 Å². The van der Waals surface area contributed by atoms with Gasteiger partial charge in [-0.3, -0.25) is 4.99 Å². The summed E-state index contributed by atoms with van der Waals surface area (Å²) in [6.07, 6.45) is -0.922. The van der Waals surface area contributed by atoms with Gasteiger partial charge in [0.2, 0.25) is 5.89 Å². The van der Waals surface area contributed by atoms with Gasteiger partial charge in [0.25, 0.3) is 5.89 Å². The summed E-state index contributed by atoms with van der Waals surface area (Å²) >= 11 is 0. The van der Waals surface area contributed by atoms with Gasteiger partial charge in [0, 0.05) is 23.4 Å². The number of alkyl halides is 2. The molecule has 1 aliphatic heterocycles. The fraction of sp³-hybridized carbons (Fsp3) is 0.190. The van der Waals surface area contributed by atoms with E-state index in [1.165, 1.54) is 0 Å². The minimum Gasteiger partial charge on any atom is -0.415 e. The maximum Gasteiger partial charge on any atom is 0.314 e. The van der Waals surface area contributed by atoms with Crippen LogP contribution < -0.4 is 10.6 Å². The van der Waals surface area contributed by atoms with Gasteiger partial charge < -0.3 is 15.1 Å². The summed E-state index contributed by atoms with van der Waals surface area (Å²) < 4.78 is 31.9. The third-order valence-corrected chi connectivity index (χ3v) is 4.83. The van der Waals surface area contributed by atoms with Gasteiger partial charge in [0.1, 0.15) is 5.69 Å². The summed E-state index contributed by atoms with van der Waals surface area (Å²) in [6, 6.07) is 15.1. The lowest BCUT2D eigenvalue weighted by Gasteiger charge is -2.06. The van der Waals surface area contributed by atoms with Gasteiger partial charge in [-0.1, -0.05) is 29.5 Å². The van der Waals surface area contributed by atoms with Crippen molar-refractivity contribution in [3.8, 4) is 22.7 Å². The molecule has 3 heterocycles. The fourth-order valence-electron chi connectivity index (χ4n) is 3.23. The van der Waals surface area contributed by atoms with Crippen molar-refractivity contribution < 1.29 is 13.2 Å². The van der Waals surface area contributed by atoms with Gasteiger partial charge in [0.05, 0.1) is 19.3 Å². The van der Waals surface area contributed by atoms with Crippen LogP contribution in [0.2, 0.25) is 0 Å². The Hall–Kier alpha value is -4.15. The van der Waals surface area contributed by atoms with Crippen LogP contribution in [-0.2, 0) is 6.54 Å². The summed E-state index contributed by atoms with van der Waals surface area (Å²) in [5.74, 6) is 0.152. The summed E-state index contributed by atoms with van der Waals surface area (Å²) in [6.45, 7) is 2.14. The molecule has 2 N–H and O–H groups in total. The second-order valence-corrected chi connectivity index (χ2v) is 7.10. The molecule has 11 heteroatoms. The van der Waals surface area contributed by atoms with Gasteiger partial charge in [0.15, 0.2) is 5.96 Å². The maximum absolute atomic E-state index is 12.6. The Balaban J connectivity index is 1.24. The number of aromatic nitrogens is 5. The molecule has 0 amide bonds. The van der Waals surface area contributed by atoms with Crippen molar-refractivity contribution >= 4 is 11.6 Å². The van der Waals surface area contributed by atoms with E-state index in [-0.39, 0.29) is 5.89 Å². The smallest absolute Gasteiger partial charge is 0.314 e. The van der Waals surface area contributed by atoms with E-state index in [1.807, 2.05) is 42.6 Å². The molecule has 0 fully saturated rings. The van der Waals surface area contributed by atoms with Crippen molar-refractivity contribution in [1.29, 1.82) is 0 Å². The Bertz CT molecular complexity index is 1230. The van der Waals surface area contributed by atoms with Crippen molar-refractivity contribution in [2.45, 2.75) is 13.0 Å². The van der Waals surface area contributed by atoms with Crippen molar-refractivity contribution in [2.75, 3.05) is 18.4 Å². The van der Waals surface area contributed by atoms with Crippen LogP contribution >= 0.6 is 0 Å². The first-order valence-corrected chi connectivity index (χ1v) is 9.91. The van der Waals surface area contributed by atoms with Crippen LogP contribution in [0.3, 0.4) is 0 Å². The molecule has 2 aromatic carbocycles. The average Bonchev–Trinajstić information content (AvgIpc) is 3.57. The predicted molar refractivity (Wildman–Crippen MR) is 113 cm³/mol. The molecular weight excluding hydrogens is 418 g/mol. The summed E-state index contributed by atoms with van der Waals surface area (Å²) in [4.78, 5) is 4.31. The highest BCUT2D eigenvalue weighted by Gasteiger charge is 2.17. The molecule has 4 aromatic rings. The predicted octanol–water partition coefficient (Wildman–Crippen LogP) is 3.35. The highest BCUT2D eigenvalue weighted by Crippen LogP contribution is 2.24. The van der Waals surface area contributed by atoms with Crippen LogP contribution in [0.25, 0.3) is 22.7 Å². The summed E-state index contributed by atoms with van der Waals surface area (Å²) in [5, 5.41) is 21.8. The first kappa shape index (κ1) is 19.8. The van der Waals surface area contributed by atoms with Crippen molar-refractivity contribution in [1.82, 2.24) is 30.5 Å². The standard InChI is InChI=1S/C21H18F2N8O/c22-18(23)20-29-28-19(32-20)15-3-1-13(2-4-15)11-31-12-17(27-30-31)14-5-7-16(8-6-14)26-21-24-9-10-25-21/h1-8,12,18H,9-11H2,(H2,24,25,26). The van der Waals surface area contributed by atoms with E-state index in [9.17, 15) is 8.78 Å². The largest absolute Gasteiger partial charge is 0.415 e. The first-order chi connectivity index (χ1) is 15.6. The molecule has 1 aliphatic rings. The Morgan fingerprint density at radius 1 is 1.00 bits per heavy atom. The number of benzene rings is 2. The zero-order chi connectivity index (χ0) is 21.9. The number of hydrogen-bond acceptors (Lipinski definition) is 8. The molecular formula is C21H18F2N8O. The number of anilines is 1. The third kappa shape index (κ3) is 4.31. The molecule has 5 rings (SSSR count). The molecule has 0 saturated carbocycles. The average molecular weight is 436 g/mol. The lowest BCUT2D eigenvalue weighted by atomic mass is 10.1. The van der Waals surface area contributed by atoms with E-state index in [4.69, 9.17) is 4.42 Å². The highest BCUT2D eigenvalue weighted by atomic mass is 19.3. The monoisotopic (exact) mass is 436 g/mol. The van der Waals surface area contributed by atoms with E-state index in [1.54, 1.807) is 16.8 Å². The van der Waals surface area contributed by atoms with Crippen molar-refractivity contribution in [3.05, 3.63) is 66.2 Å². The molecule has 2 aromatic heterocycles. The minimum absolute atomic E-state index is 0.0589. The van der Waals surface area contributed by atoms with Crippen molar-refractivity contribution in [3.63, 3.8) is 0 Å². The van der Waals surface area contributed by atoms with Crippen LogP contribution in [-0.4, -0.2) is 44.2 Å². The quantitative estimate of drug-likeness (QED) is 0.477. The Kier molecular flexibility index (Phi) is 5.28. The number of hydrogen-bond donors (Lipinski definition) is 2. The van der Waals surface area contributed by atoms with Gasteiger partial charge in [-0.25, -0.2) is 4.68 Å². The second kappa shape index (κ2) is 8.53. The van der Waals surface area contributed by atoms with E-state index in [0.717, 1.165) is 41.6 Å². The lowest BCUT2D eigenvalue weighted by molar-refractivity contribution is 0.116. The third-order valence-electron chi connectivity index (χ3n) is 4.83. The zero-order valence-corrected chi connectivity index (χ0v) is 16.7. The molecule has 0 spiro atoms. The summed E-state index contributed by atoms with van der Waals surface area (Å²) in [5.41, 5.74) is 4.18. The van der Waals surface area contributed by atoms with Crippen LogP contribution in [0.1, 0.15) is 17.9 Å². The molecule has 0 radical (unpaired) electrons. The van der Waals surface area contributed by atoms with E-state index in [0.29, 0.717) is 12.1 Å². The number of guanidine groups is 1. The molecule has 0 unspecified atom stereocenters. The maximum atomic E-state index is 12.6. The second-order valence-electron chi connectivity index (χ2n) is 7.10. The van der Waals surface area contributed by atoms with Crippen LogP contribution in [0.4, 0.5) is 14.5 Å². The Labute approximate surface area is 181 Å². The molecule has 9 nitrogen and oxygen atoms in total. The van der Waals surface area contributed by atoms with Crippen LogP contribution in [0, 0.1) is 0 Å². The fourth-order valence-corrected chi connectivity index (χ4v) is 3.23. The highest BCUT2D eigenvalue weighted by molar-refractivity contribution is 5.94. The molecule has 0 saturated heterocycles. The van der Waals surface area contributed by atoms with E-state index in [2.05, 4.69) is 36.1 Å².